The molecule has 0 aliphatic rings. The number of esters is 1. The molecule has 0 spiro atoms. The number of rotatable bonds is 7. The lowest BCUT2D eigenvalue weighted by atomic mass is 10.2. The lowest BCUT2D eigenvalue weighted by molar-refractivity contribution is -0.386. The maximum Gasteiger partial charge on any atom is 0.407 e. The predicted molar refractivity (Wildman–Crippen MR) is 92.9 cm³/mol. The van der Waals surface area contributed by atoms with Gasteiger partial charge in [0, 0.05) is 0 Å². The minimum absolute atomic E-state index is 0.110. The topological polar surface area (TPSA) is 126 Å². The molecule has 0 fully saturated rings. The van der Waals surface area contributed by atoms with E-state index in [2.05, 4.69) is 10.4 Å². The third kappa shape index (κ3) is 5.17. The maximum absolute atomic E-state index is 12.2. The Morgan fingerprint density at radius 3 is 2.35 bits per heavy atom. The van der Waals surface area contributed by atoms with E-state index >= 15 is 0 Å². The first-order chi connectivity index (χ1) is 12.1. The van der Waals surface area contributed by atoms with Crippen molar-refractivity contribution >= 4 is 17.7 Å². The van der Waals surface area contributed by atoms with Gasteiger partial charge in [-0.25, -0.2) is 14.3 Å². The van der Waals surface area contributed by atoms with Crippen molar-refractivity contribution in [1.29, 1.82) is 0 Å². The van der Waals surface area contributed by atoms with E-state index in [-0.39, 0.29) is 17.9 Å². The smallest absolute Gasteiger partial charge is 0.407 e. The van der Waals surface area contributed by atoms with Crippen molar-refractivity contribution in [2.24, 2.45) is 0 Å². The number of methoxy groups -OCH3 is 1. The van der Waals surface area contributed by atoms with Gasteiger partial charge in [-0.3, -0.25) is 10.1 Å². The number of nitrogens with zero attached hydrogens (tertiary/aromatic N) is 3. The third-order valence-corrected chi connectivity index (χ3v) is 3.51. The third-order valence-electron chi connectivity index (χ3n) is 3.51. The predicted octanol–water partition coefficient (Wildman–Crippen LogP) is 2.15. The summed E-state index contributed by atoms with van der Waals surface area (Å²) in [5.41, 5.74) is -0.230. The molecule has 0 aliphatic carbocycles. The van der Waals surface area contributed by atoms with Crippen molar-refractivity contribution in [2.45, 2.75) is 59.1 Å². The SMILES string of the molecule is CCc1nn(C(CNC(=O)OC(C)(C)C)C(=O)OC)c(CC)c1[N+](=O)[O-]. The highest BCUT2D eigenvalue weighted by Gasteiger charge is 2.33. The Labute approximate surface area is 152 Å². The fourth-order valence-corrected chi connectivity index (χ4v) is 2.45. The van der Waals surface area contributed by atoms with E-state index in [4.69, 9.17) is 9.47 Å². The van der Waals surface area contributed by atoms with Crippen molar-refractivity contribution in [3.63, 3.8) is 0 Å². The number of nitro groups is 1. The van der Waals surface area contributed by atoms with Crippen molar-refractivity contribution in [3.8, 4) is 0 Å². The highest BCUT2D eigenvalue weighted by atomic mass is 16.6. The van der Waals surface area contributed by atoms with Crippen LogP contribution < -0.4 is 5.32 Å². The van der Waals surface area contributed by atoms with Crippen LogP contribution >= 0.6 is 0 Å². The van der Waals surface area contributed by atoms with Gasteiger partial charge < -0.3 is 14.8 Å². The zero-order valence-electron chi connectivity index (χ0n) is 16.0. The lowest BCUT2D eigenvalue weighted by Crippen LogP contribution is -2.39. The molecule has 1 heterocycles. The lowest BCUT2D eigenvalue weighted by Gasteiger charge is -2.22. The van der Waals surface area contributed by atoms with Gasteiger partial charge in [0.15, 0.2) is 6.04 Å². The molecule has 10 nitrogen and oxygen atoms in total. The molecule has 1 atom stereocenters. The van der Waals surface area contributed by atoms with E-state index in [0.29, 0.717) is 18.5 Å². The van der Waals surface area contributed by atoms with E-state index in [1.165, 1.54) is 11.8 Å². The van der Waals surface area contributed by atoms with E-state index in [1.54, 1.807) is 34.6 Å². The standard InChI is InChI=1S/C16H26N4O6/c1-7-10-13(20(23)24)11(8-2)19(18-10)12(14(21)25-6)9-17-15(22)26-16(3,4)5/h12H,7-9H2,1-6H3,(H,17,22). The number of nitrogens with one attached hydrogen (secondary N) is 1. The van der Waals surface area contributed by atoms with Crippen LogP contribution in [0.25, 0.3) is 0 Å². The first-order valence-electron chi connectivity index (χ1n) is 8.34. The summed E-state index contributed by atoms with van der Waals surface area (Å²) in [4.78, 5) is 35.0. The number of alkyl carbamates (subject to hydrolysis) is 1. The van der Waals surface area contributed by atoms with Gasteiger partial charge in [0.25, 0.3) is 0 Å². The van der Waals surface area contributed by atoms with E-state index in [9.17, 15) is 19.7 Å². The summed E-state index contributed by atoms with van der Waals surface area (Å²) >= 11 is 0. The molecule has 1 aromatic rings. The molecule has 0 saturated heterocycles. The second-order valence-electron chi connectivity index (χ2n) is 6.57. The fraction of sp³-hybridized carbons (Fsp3) is 0.688. The number of carbonyl (C=O) groups is 2. The zero-order chi connectivity index (χ0) is 20.1. The van der Waals surface area contributed by atoms with Crippen molar-refractivity contribution in [1.82, 2.24) is 15.1 Å². The summed E-state index contributed by atoms with van der Waals surface area (Å²) < 4.78 is 11.2. The molecular weight excluding hydrogens is 344 g/mol. The van der Waals surface area contributed by atoms with Gasteiger partial charge in [0.05, 0.1) is 18.6 Å². The quantitative estimate of drug-likeness (QED) is 0.443. The minimum atomic E-state index is -1.04. The molecule has 1 aromatic heterocycles. The number of aromatic nitrogens is 2. The van der Waals surface area contributed by atoms with Crippen LogP contribution in [0.15, 0.2) is 0 Å². The Hall–Kier alpha value is -2.65. The van der Waals surface area contributed by atoms with Crippen LogP contribution in [0.1, 0.15) is 52.0 Å². The molecule has 146 valence electrons. The molecule has 0 bridgehead atoms. The van der Waals surface area contributed by atoms with E-state index < -0.39 is 28.6 Å². The number of carbonyl (C=O) groups excluding carboxylic acids is 2. The van der Waals surface area contributed by atoms with Crippen LogP contribution in [0.3, 0.4) is 0 Å². The van der Waals surface area contributed by atoms with Gasteiger partial charge in [0.1, 0.15) is 17.0 Å². The van der Waals surface area contributed by atoms with Gasteiger partial charge in [-0.1, -0.05) is 13.8 Å². The highest BCUT2D eigenvalue weighted by Crippen LogP contribution is 2.27. The molecule has 0 radical (unpaired) electrons. The number of hydrogen-bond acceptors (Lipinski definition) is 7. The van der Waals surface area contributed by atoms with E-state index in [0.717, 1.165) is 0 Å². The molecular formula is C16H26N4O6. The Balaban J connectivity index is 3.20. The Morgan fingerprint density at radius 2 is 1.92 bits per heavy atom. The number of aryl methyl sites for hydroxylation is 1. The molecule has 1 unspecified atom stereocenters. The number of ether oxygens (including phenoxy) is 2. The molecule has 1 N–H and O–H groups in total. The highest BCUT2D eigenvalue weighted by molar-refractivity contribution is 5.76. The second-order valence-corrected chi connectivity index (χ2v) is 6.57. The molecule has 0 aliphatic heterocycles. The summed E-state index contributed by atoms with van der Waals surface area (Å²) in [7, 11) is 1.20. The van der Waals surface area contributed by atoms with Crippen LogP contribution in [0.2, 0.25) is 0 Å². The van der Waals surface area contributed by atoms with Gasteiger partial charge in [-0.2, -0.15) is 5.10 Å². The van der Waals surface area contributed by atoms with Gasteiger partial charge >= 0.3 is 17.7 Å². The molecule has 10 heteroatoms. The Kier molecular flexibility index (Phi) is 7.10. The normalized spacial score (nSPS) is 12.4. The minimum Gasteiger partial charge on any atom is -0.467 e. The van der Waals surface area contributed by atoms with Crippen LogP contribution in [-0.4, -0.2) is 46.0 Å². The summed E-state index contributed by atoms with van der Waals surface area (Å²) in [6.07, 6.45) is -0.0748. The largest absolute Gasteiger partial charge is 0.467 e. The van der Waals surface area contributed by atoms with Gasteiger partial charge in [-0.05, 0) is 33.6 Å². The average Bonchev–Trinajstić information content (AvgIpc) is 2.91. The first kappa shape index (κ1) is 21.4. The molecule has 1 amide bonds. The molecule has 1 rings (SSSR count). The monoisotopic (exact) mass is 370 g/mol. The first-order valence-corrected chi connectivity index (χ1v) is 8.34. The van der Waals surface area contributed by atoms with Crippen LogP contribution in [-0.2, 0) is 27.1 Å². The zero-order valence-corrected chi connectivity index (χ0v) is 16.0. The average molecular weight is 370 g/mol. The van der Waals surface area contributed by atoms with Crippen molar-refractivity contribution < 1.29 is 24.0 Å². The van der Waals surface area contributed by atoms with Crippen LogP contribution in [0, 0.1) is 10.1 Å². The second kappa shape index (κ2) is 8.63. The number of amides is 1. The van der Waals surface area contributed by atoms with Crippen LogP contribution in [0.5, 0.6) is 0 Å². The summed E-state index contributed by atoms with van der Waals surface area (Å²) in [6.45, 7) is 8.44. The van der Waals surface area contributed by atoms with Crippen molar-refractivity contribution in [3.05, 3.63) is 21.5 Å². The van der Waals surface area contributed by atoms with E-state index in [1.807, 2.05) is 0 Å². The molecule has 26 heavy (non-hydrogen) atoms. The van der Waals surface area contributed by atoms with Crippen molar-refractivity contribution in [2.75, 3.05) is 13.7 Å². The van der Waals surface area contributed by atoms with Crippen LogP contribution in [0.4, 0.5) is 10.5 Å². The Bertz CT molecular complexity index is 677. The number of hydrogen-bond donors (Lipinski definition) is 1. The summed E-state index contributed by atoms with van der Waals surface area (Å²) in [5.74, 6) is -0.671. The summed E-state index contributed by atoms with van der Waals surface area (Å²) in [6, 6.07) is -1.04. The fourth-order valence-electron chi connectivity index (χ4n) is 2.45. The van der Waals surface area contributed by atoms with Gasteiger partial charge in [0.2, 0.25) is 0 Å². The maximum atomic E-state index is 12.2. The molecule has 0 aromatic carbocycles. The molecule has 0 saturated carbocycles. The Morgan fingerprint density at radius 1 is 1.31 bits per heavy atom. The summed E-state index contributed by atoms with van der Waals surface area (Å²) in [5, 5.41) is 18.1. The van der Waals surface area contributed by atoms with Gasteiger partial charge in [-0.15, -0.1) is 0 Å².